The van der Waals surface area contributed by atoms with Crippen LogP contribution in [0.3, 0.4) is 0 Å². The predicted octanol–water partition coefficient (Wildman–Crippen LogP) is 4.07. The molecule has 160 valence electrons. The fourth-order valence-electron chi connectivity index (χ4n) is 4.29. The summed E-state index contributed by atoms with van der Waals surface area (Å²) in [7, 11) is 0. The van der Waals surface area contributed by atoms with E-state index in [0.717, 1.165) is 54.4 Å². The molecule has 0 bridgehead atoms. The zero-order valence-corrected chi connectivity index (χ0v) is 17.4. The van der Waals surface area contributed by atoms with E-state index in [2.05, 4.69) is 17.2 Å². The number of nitrogens with one attached hydrogen (secondary N) is 1. The van der Waals surface area contributed by atoms with Gasteiger partial charge in [0.2, 0.25) is 11.8 Å². The largest absolute Gasteiger partial charge is 0.486 e. The van der Waals surface area contributed by atoms with Gasteiger partial charge in [-0.3, -0.25) is 0 Å². The summed E-state index contributed by atoms with van der Waals surface area (Å²) in [5, 5.41) is 3.52. The Morgan fingerprint density at radius 1 is 1.00 bits per heavy atom. The van der Waals surface area contributed by atoms with E-state index < -0.39 is 0 Å². The Labute approximate surface area is 177 Å². The quantitative estimate of drug-likeness (QED) is 0.795. The van der Waals surface area contributed by atoms with Crippen LogP contribution in [0.5, 0.6) is 17.4 Å². The molecule has 1 aromatic heterocycles. The van der Waals surface area contributed by atoms with E-state index in [-0.39, 0.29) is 6.10 Å². The second-order valence-electron chi connectivity index (χ2n) is 8.48. The monoisotopic (exact) mass is 411 g/mol. The molecular formula is C23H29N3O4. The predicted molar refractivity (Wildman–Crippen MR) is 113 cm³/mol. The second-order valence-corrected chi connectivity index (χ2v) is 8.48. The van der Waals surface area contributed by atoms with Crippen molar-refractivity contribution in [2.45, 2.75) is 51.2 Å². The maximum absolute atomic E-state index is 6.26. The standard InChI is InChI=1S/C23H29N3O4/c1-15-2-5-17(6-3-15)25-23-24-13-19(22(26-23)30-18-8-9-27-14-18)16-4-7-20-21(12-16)29-11-10-28-20/h4,7,12-13,15,17-18H,2-3,5-6,8-11,14H2,1H3,(H,24,25,26)/t15?,17?,18-/m1/s1. The first kappa shape index (κ1) is 19.4. The molecule has 2 fully saturated rings. The average Bonchev–Trinajstić information content (AvgIpc) is 3.28. The molecule has 1 saturated carbocycles. The van der Waals surface area contributed by atoms with Gasteiger partial charge in [0.15, 0.2) is 11.5 Å². The first-order valence-electron chi connectivity index (χ1n) is 11.0. The van der Waals surface area contributed by atoms with Crippen LogP contribution in [0.1, 0.15) is 39.0 Å². The second kappa shape index (κ2) is 8.68. The molecule has 0 spiro atoms. The van der Waals surface area contributed by atoms with Gasteiger partial charge in [-0.15, -0.1) is 0 Å². The molecule has 0 radical (unpaired) electrons. The van der Waals surface area contributed by atoms with E-state index >= 15 is 0 Å². The van der Waals surface area contributed by atoms with Crippen molar-refractivity contribution in [1.29, 1.82) is 0 Å². The molecule has 30 heavy (non-hydrogen) atoms. The summed E-state index contributed by atoms with van der Waals surface area (Å²) in [6.07, 6.45) is 7.53. The highest BCUT2D eigenvalue weighted by atomic mass is 16.6. The number of nitrogens with zero attached hydrogens (tertiary/aromatic N) is 2. The molecule has 1 N–H and O–H groups in total. The van der Waals surface area contributed by atoms with E-state index in [9.17, 15) is 0 Å². The SMILES string of the molecule is CC1CCC(Nc2ncc(-c3ccc4c(c3)OCCO4)c(O[C@@H]3CCOC3)n2)CC1. The normalized spacial score (nSPS) is 25.7. The number of ether oxygens (including phenoxy) is 4. The van der Waals surface area contributed by atoms with Crippen molar-refractivity contribution in [3.05, 3.63) is 24.4 Å². The Bertz CT molecular complexity index is 877. The number of fused-ring (bicyclic) bond motifs is 1. The highest BCUT2D eigenvalue weighted by molar-refractivity contribution is 5.71. The van der Waals surface area contributed by atoms with Gasteiger partial charge in [-0.05, 0) is 49.3 Å². The van der Waals surface area contributed by atoms with Crippen LogP contribution in [-0.2, 0) is 4.74 Å². The fraction of sp³-hybridized carbons (Fsp3) is 0.565. The van der Waals surface area contributed by atoms with Crippen molar-refractivity contribution in [2.24, 2.45) is 5.92 Å². The lowest BCUT2D eigenvalue weighted by Gasteiger charge is -2.27. The minimum atomic E-state index is 0.0132. The number of benzene rings is 1. The Hall–Kier alpha value is -2.54. The molecule has 1 aliphatic carbocycles. The molecule has 1 saturated heterocycles. The molecule has 1 atom stereocenters. The summed E-state index contributed by atoms with van der Waals surface area (Å²) in [6, 6.07) is 6.33. The number of hydrogen-bond donors (Lipinski definition) is 1. The lowest BCUT2D eigenvalue weighted by Crippen LogP contribution is -2.26. The first-order valence-corrected chi connectivity index (χ1v) is 11.0. The Morgan fingerprint density at radius 2 is 1.83 bits per heavy atom. The molecule has 2 aromatic rings. The van der Waals surface area contributed by atoms with Crippen LogP contribution in [0, 0.1) is 5.92 Å². The van der Waals surface area contributed by atoms with E-state index in [1.807, 2.05) is 24.4 Å². The lowest BCUT2D eigenvalue weighted by molar-refractivity contribution is 0.138. The summed E-state index contributed by atoms with van der Waals surface area (Å²) < 4.78 is 23.2. The molecule has 7 heteroatoms. The van der Waals surface area contributed by atoms with Gasteiger partial charge >= 0.3 is 0 Å². The topological polar surface area (TPSA) is 74.7 Å². The molecule has 1 aromatic carbocycles. The summed E-state index contributed by atoms with van der Waals surface area (Å²) in [6.45, 7) is 4.77. The third-order valence-electron chi connectivity index (χ3n) is 6.12. The van der Waals surface area contributed by atoms with Gasteiger partial charge in [0.1, 0.15) is 19.3 Å². The van der Waals surface area contributed by atoms with Crippen LogP contribution < -0.4 is 19.5 Å². The van der Waals surface area contributed by atoms with Crippen molar-refractivity contribution in [1.82, 2.24) is 9.97 Å². The maximum atomic E-state index is 6.26. The van der Waals surface area contributed by atoms with Crippen molar-refractivity contribution >= 4 is 5.95 Å². The van der Waals surface area contributed by atoms with Crippen molar-refractivity contribution < 1.29 is 18.9 Å². The van der Waals surface area contributed by atoms with Crippen molar-refractivity contribution in [3.63, 3.8) is 0 Å². The molecule has 2 aliphatic heterocycles. The van der Waals surface area contributed by atoms with Crippen LogP contribution in [0.15, 0.2) is 24.4 Å². The van der Waals surface area contributed by atoms with Gasteiger partial charge in [-0.25, -0.2) is 4.98 Å². The molecular weight excluding hydrogens is 382 g/mol. The smallest absolute Gasteiger partial charge is 0.226 e. The van der Waals surface area contributed by atoms with Gasteiger partial charge in [-0.1, -0.05) is 13.0 Å². The van der Waals surface area contributed by atoms with Crippen molar-refractivity contribution in [3.8, 4) is 28.5 Å². The molecule has 0 amide bonds. The highest BCUT2D eigenvalue weighted by Crippen LogP contribution is 2.38. The number of rotatable bonds is 5. The molecule has 7 nitrogen and oxygen atoms in total. The van der Waals surface area contributed by atoms with E-state index in [1.165, 1.54) is 12.8 Å². The van der Waals surface area contributed by atoms with Crippen molar-refractivity contribution in [2.75, 3.05) is 31.7 Å². The van der Waals surface area contributed by atoms with Gasteiger partial charge in [-0.2, -0.15) is 4.98 Å². The van der Waals surface area contributed by atoms with E-state index in [0.29, 0.717) is 37.7 Å². The number of aromatic nitrogens is 2. The summed E-state index contributed by atoms with van der Waals surface area (Å²) in [5.74, 6) is 3.53. The highest BCUT2D eigenvalue weighted by Gasteiger charge is 2.23. The van der Waals surface area contributed by atoms with Crippen LogP contribution in [-0.4, -0.2) is 48.5 Å². The van der Waals surface area contributed by atoms with Gasteiger partial charge in [0.25, 0.3) is 0 Å². The zero-order valence-electron chi connectivity index (χ0n) is 17.4. The number of anilines is 1. The maximum Gasteiger partial charge on any atom is 0.226 e. The Kier molecular flexibility index (Phi) is 5.62. The first-order chi connectivity index (χ1) is 14.7. The number of hydrogen-bond acceptors (Lipinski definition) is 7. The Morgan fingerprint density at radius 3 is 2.63 bits per heavy atom. The van der Waals surface area contributed by atoms with Gasteiger partial charge in [0, 0.05) is 18.7 Å². The minimum Gasteiger partial charge on any atom is -0.486 e. The third kappa shape index (κ3) is 4.31. The van der Waals surface area contributed by atoms with Crippen LogP contribution in [0.4, 0.5) is 5.95 Å². The van der Waals surface area contributed by atoms with E-state index in [1.54, 1.807) is 0 Å². The molecule has 3 aliphatic rings. The molecule has 0 unspecified atom stereocenters. The van der Waals surface area contributed by atoms with Gasteiger partial charge < -0.3 is 24.3 Å². The average molecular weight is 412 g/mol. The third-order valence-corrected chi connectivity index (χ3v) is 6.12. The summed E-state index contributed by atoms with van der Waals surface area (Å²) >= 11 is 0. The molecule has 5 rings (SSSR count). The minimum absolute atomic E-state index is 0.0132. The zero-order chi connectivity index (χ0) is 20.3. The van der Waals surface area contributed by atoms with Crippen LogP contribution >= 0.6 is 0 Å². The summed E-state index contributed by atoms with van der Waals surface area (Å²) in [4.78, 5) is 9.38. The lowest BCUT2D eigenvalue weighted by atomic mass is 9.87. The fourth-order valence-corrected chi connectivity index (χ4v) is 4.29. The van der Waals surface area contributed by atoms with Crippen LogP contribution in [0.25, 0.3) is 11.1 Å². The van der Waals surface area contributed by atoms with E-state index in [4.69, 9.17) is 23.9 Å². The Balaban J connectivity index is 1.42. The summed E-state index contributed by atoms with van der Waals surface area (Å²) in [5.41, 5.74) is 1.80. The molecule has 3 heterocycles. The van der Waals surface area contributed by atoms with Crippen LogP contribution in [0.2, 0.25) is 0 Å². The van der Waals surface area contributed by atoms with Gasteiger partial charge in [0.05, 0.1) is 18.8 Å².